The van der Waals surface area contributed by atoms with E-state index < -0.39 is 0 Å². The standard InChI is InChI=1S/C15H29NO2/c1-8-9-15(5,6)13(18)11-16(7)10-12(17)14(2,3)4/h8-11H2,1-7H3. The molecule has 18 heavy (non-hydrogen) atoms. The normalized spacial score (nSPS) is 12.9. The van der Waals surface area contributed by atoms with Crippen LogP contribution in [-0.2, 0) is 9.59 Å². The Morgan fingerprint density at radius 3 is 1.78 bits per heavy atom. The summed E-state index contributed by atoms with van der Waals surface area (Å²) >= 11 is 0. The summed E-state index contributed by atoms with van der Waals surface area (Å²) < 4.78 is 0. The van der Waals surface area contributed by atoms with Gasteiger partial charge in [-0.25, -0.2) is 0 Å². The Hall–Kier alpha value is -0.700. The van der Waals surface area contributed by atoms with Crippen LogP contribution in [0.2, 0.25) is 0 Å². The van der Waals surface area contributed by atoms with Crippen molar-refractivity contribution in [3.63, 3.8) is 0 Å². The predicted octanol–water partition coefficient (Wildman–Crippen LogP) is 2.93. The molecule has 0 aromatic heterocycles. The SMILES string of the molecule is CCCC(C)(C)C(=O)CN(C)CC(=O)C(C)(C)C. The van der Waals surface area contributed by atoms with E-state index in [9.17, 15) is 9.59 Å². The largest absolute Gasteiger partial charge is 0.298 e. The highest BCUT2D eigenvalue weighted by atomic mass is 16.1. The second-order valence-corrected chi connectivity index (χ2v) is 6.90. The molecule has 0 bridgehead atoms. The lowest BCUT2D eigenvalue weighted by atomic mass is 9.83. The van der Waals surface area contributed by atoms with Crippen molar-refractivity contribution in [2.24, 2.45) is 10.8 Å². The zero-order valence-electron chi connectivity index (χ0n) is 13.1. The molecule has 0 aliphatic carbocycles. The van der Waals surface area contributed by atoms with Crippen molar-refractivity contribution >= 4 is 11.6 Å². The van der Waals surface area contributed by atoms with E-state index in [-0.39, 0.29) is 22.4 Å². The Morgan fingerprint density at radius 2 is 1.39 bits per heavy atom. The van der Waals surface area contributed by atoms with E-state index in [0.717, 1.165) is 12.8 Å². The van der Waals surface area contributed by atoms with E-state index >= 15 is 0 Å². The van der Waals surface area contributed by atoms with E-state index in [1.54, 1.807) is 0 Å². The van der Waals surface area contributed by atoms with Crippen LogP contribution in [0, 0.1) is 10.8 Å². The van der Waals surface area contributed by atoms with Gasteiger partial charge in [0.15, 0.2) is 11.6 Å². The fraction of sp³-hybridized carbons (Fsp3) is 0.867. The maximum absolute atomic E-state index is 12.1. The highest BCUT2D eigenvalue weighted by Crippen LogP contribution is 2.24. The molecule has 3 nitrogen and oxygen atoms in total. The fourth-order valence-electron chi connectivity index (χ4n) is 1.76. The summed E-state index contributed by atoms with van der Waals surface area (Å²) in [4.78, 5) is 25.8. The van der Waals surface area contributed by atoms with Gasteiger partial charge in [0.1, 0.15) is 0 Å². The number of likely N-dealkylation sites (N-methyl/N-ethyl adjacent to an activating group) is 1. The minimum atomic E-state index is -0.337. The molecular weight excluding hydrogens is 226 g/mol. The molecule has 0 saturated heterocycles. The van der Waals surface area contributed by atoms with Gasteiger partial charge in [0.05, 0.1) is 13.1 Å². The second kappa shape index (κ2) is 6.46. The Bertz CT molecular complexity index is 300. The summed E-state index contributed by atoms with van der Waals surface area (Å²) in [5, 5.41) is 0. The maximum Gasteiger partial charge on any atom is 0.152 e. The summed E-state index contributed by atoms with van der Waals surface area (Å²) in [6, 6.07) is 0. The number of hydrogen-bond donors (Lipinski definition) is 0. The lowest BCUT2D eigenvalue weighted by Gasteiger charge is -2.27. The number of hydrogen-bond acceptors (Lipinski definition) is 3. The van der Waals surface area contributed by atoms with Gasteiger partial charge >= 0.3 is 0 Å². The van der Waals surface area contributed by atoms with Crippen LogP contribution in [0.3, 0.4) is 0 Å². The van der Waals surface area contributed by atoms with Crippen LogP contribution in [0.15, 0.2) is 0 Å². The predicted molar refractivity (Wildman–Crippen MR) is 75.7 cm³/mol. The highest BCUT2D eigenvalue weighted by molar-refractivity contribution is 5.88. The molecule has 3 heteroatoms. The zero-order chi connectivity index (χ0) is 14.6. The number of ketones is 2. The van der Waals surface area contributed by atoms with Gasteiger partial charge in [0, 0.05) is 10.8 Å². The van der Waals surface area contributed by atoms with Gasteiger partial charge in [-0.05, 0) is 13.5 Å². The molecule has 106 valence electrons. The second-order valence-electron chi connectivity index (χ2n) is 6.90. The number of nitrogens with zero attached hydrogens (tertiary/aromatic N) is 1. The molecule has 0 aliphatic rings. The Labute approximate surface area is 112 Å². The fourth-order valence-corrected chi connectivity index (χ4v) is 1.76. The van der Waals surface area contributed by atoms with E-state index in [2.05, 4.69) is 6.92 Å². The van der Waals surface area contributed by atoms with Crippen LogP contribution in [-0.4, -0.2) is 36.6 Å². The van der Waals surface area contributed by atoms with Gasteiger partial charge in [-0.2, -0.15) is 0 Å². The molecule has 0 atom stereocenters. The van der Waals surface area contributed by atoms with Gasteiger partial charge in [0.2, 0.25) is 0 Å². The Kier molecular flexibility index (Phi) is 6.21. The summed E-state index contributed by atoms with van der Waals surface area (Å²) in [6.45, 7) is 12.5. The van der Waals surface area contributed by atoms with Crippen molar-refractivity contribution in [2.75, 3.05) is 20.1 Å². The molecule has 0 aliphatic heterocycles. The molecule has 0 amide bonds. The van der Waals surface area contributed by atoms with Crippen molar-refractivity contribution in [2.45, 2.75) is 54.4 Å². The average Bonchev–Trinajstić information content (AvgIpc) is 2.15. The van der Waals surface area contributed by atoms with Crippen LogP contribution in [0.1, 0.15) is 54.4 Å². The van der Waals surface area contributed by atoms with Crippen LogP contribution in [0.5, 0.6) is 0 Å². The zero-order valence-corrected chi connectivity index (χ0v) is 13.1. The van der Waals surface area contributed by atoms with Crippen molar-refractivity contribution in [1.29, 1.82) is 0 Å². The molecule has 0 aromatic rings. The molecular formula is C15H29NO2. The van der Waals surface area contributed by atoms with Gasteiger partial charge in [0.25, 0.3) is 0 Å². The first-order valence-electron chi connectivity index (χ1n) is 6.76. The van der Waals surface area contributed by atoms with Gasteiger partial charge < -0.3 is 0 Å². The number of rotatable bonds is 7. The lowest BCUT2D eigenvalue weighted by molar-refractivity contribution is -0.130. The first-order valence-corrected chi connectivity index (χ1v) is 6.76. The van der Waals surface area contributed by atoms with Crippen LogP contribution < -0.4 is 0 Å². The lowest BCUT2D eigenvalue weighted by Crippen LogP contribution is -2.40. The highest BCUT2D eigenvalue weighted by Gasteiger charge is 2.28. The minimum absolute atomic E-state index is 0.172. The molecule has 0 spiro atoms. The van der Waals surface area contributed by atoms with Gasteiger partial charge in [-0.1, -0.05) is 48.0 Å². The van der Waals surface area contributed by atoms with Crippen molar-refractivity contribution in [3.8, 4) is 0 Å². The first-order chi connectivity index (χ1) is 8.00. The minimum Gasteiger partial charge on any atom is -0.298 e. The molecule has 0 rings (SSSR count). The topological polar surface area (TPSA) is 37.4 Å². The third-order valence-electron chi connectivity index (χ3n) is 3.29. The maximum atomic E-state index is 12.1. The Balaban J connectivity index is 4.37. The van der Waals surface area contributed by atoms with Gasteiger partial charge in [-0.3, -0.25) is 14.5 Å². The summed E-state index contributed by atoms with van der Waals surface area (Å²) in [5.74, 6) is 0.389. The third-order valence-corrected chi connectivity index (χ3v) is 3.29. The molecule has 0 N–H and O–H groups in total. The van der Waals surface area contributed by atoms with Crippen LogP contribution in [0.4, 0.5) is 0 Å². The molecule has 0 saturated carbocycles. The van der Waals surface area contributed by atoms with Crippen molar-refractivity contribution in [3.05, 3.63) is 0 Å². The van der Waals surface area contributed by atoms with E-state index in [4.69, 9.17) is 0 Å². The summed E-state index contributed by atoms with van der Waals surface area (Å²) in [6.07, 6.45) is 1.90. The quantitative estimate of drug-likeness (QED) is 0.702. The van der Waals surface area contributed by atoms with Crippen molar-refractivity contribution in [1.82, 2.24) is 4.90 Å². The number of carbonyl (C=O) groups excluding carboxylic acids is 2. The smallest absolute Gasteiger partial charge is 0.152 e. The number of Topliss-reactive ketones (excluding diaryl/α,β-unsaturated/α-hetero) is 2. The van der Waals surface area contributed by atoms with E-state index in [1.807, 2.05) is 46.6 Å². The third kappa shape index (κ3) is 5.76. The molecule has 0 radical (unpaired) electrons. The van der Waals surface area contributed by atoms with Crippen molar-refractivity contribution < 1.29 is 9.59 Å². The van der Waals surface area contributed by atoms with Crippen LogP contribution >= 0.6 is 0 Å². The molecule has 0 fully saturated rings. The van der Waals surface area contributed by atoms with Crippen LogP contribution in [0.25, 0.3) is 0 Å². The molecule has 0 unspecified atom stereocenters. The summed E-state index contributed by atoms with van der Waals surface area (Å²) in [5.41, 5.74) is -0.621. The summed E-state index contributed by atoms with van der Waals surface area (Å²) in [7, 11) is 1.84. The average molecular weight is 255 g/mol. The molecule has 0 heterocycles. The molecule has 0 aromatic carbocycles. The monoisotopic (exact) mass is 255 g/mol. The van der Waals surface area contributed by atoms with E-state index in [1.165, 1.54) is 0 Å². The van der Waals surface area contributed by atoms with Gasteiger partial charge in [-0.15, -0.1) is 0 Å². The first kappa shape index (κ1) is 17.3. The van der Waals surface area contributed by atoms with E-state index in [0.29, 0.717) is 13.1 Å². The Morgan fingerprint density at radius 1 is 0.944 bits per heavy atom. The number of carbonyl (C=O) groups is 2.